The van der Waals surface area contributed by atoms with E-state index in [1.165, 1.54) is 6.92 Å². The van der Waals surface area contributed by atoms with E-state index < -0.39 is 41.7 Å². The summed E-state index contributed by atoms with van der Waals surface area (Å²) in [4.78, 5) is 58.2. The molecule has 10 nitrogen and oxygen atoms in total. The van der Waals surface area contributed by atoms with E-state index in [0.717, 1.165) is 0 Å². The first-order valence-electron chi connectivity index (χ1n) is 8.52. The molecule has 27 heavy (non-hydrogen) atoms. The summed E-state index contributed by atoms with van der Waals surface area (Å²) in [6.07, 6.45) is -0.118. The van der Waals surface area contributed by atoms with E-state index >= 15 is 0 Å². The van der Waals surface area contributed by atoms with Crippen LogP contribution in [-0.4, -0.2) is 67.3 Å². The van der Waals surface area contributed by atoms with Gasteiger partial charge < -0.3 is 25.4 Å². The van der Waals surface area contributed by atoms with Gasteiger partial charge in [-0.1, -0.05) is 0 Å². The van der Waals surface area contributed by atoms with Crippen LogP contribution in [0.1, 0.15) is 33.6 Å². The maximum atomic E-state index is 12.0. The molecule has 0 aliphatic rings. The minimum absolute atomic E-state index is 0.00734. The van der Waals surface area contributed by atoms with Crippen molar-refractivity contribution < 1.29 is 33.4 Å². The highest BCUT2D eigenvalue weighted by atomic mass is 32.1. The second-order valence-corrected chi connectivity index (χ2v) is 5.73. The van der Waals surface area contributed by atoms with Crippen LogP contribution >= 0.6 is 12.6 Å². The van der Waals surface area contributed by atoms with Gasteiger partial charge in [0, 0.05) is 19.1 Å². The molecule has 0 aromatic heterocycles. The molecule has 3 amide bonds. The largest absolute Gasteiger partial charge is 0.465 e. The van der Waals surface area contributed by atoms with Crippen LogP contribution < -0.4 is 16.0 Å². The van der Waals surface area contributed by atoms with Gasteiger partial charge in [-0.15, -0.1) is 0 Å². The molecule has 0 aromatic rings. The van der Waals surface area contributed by atoms with Crippen LogP contribution in [0.25, 0.3) is 0 Å². The summed E-state index contributed by atoms with van der Waals surface area (Å²) < 4.78 is 9.53. The fourth-order valence-corrected chi connectivity index (χ4v) is 2.22. The summed E-state index contributed by atoms with van der Waals surface area (Å²) in [5.41, 5.74) is 0. The second-order valence-electron chi connectivity index (χ2n) is 5.37. The average molecular weight is 405 g/mol. The molecular formula is C16H27N3O7S. The van der Waals surface area contributed by atoms with Crippen molar-refractivity contribution in [2.45, 2.75) is 45.7 Å². The minimum Gasteiger partial charge on any atom is -0.465 e. The maximum absolute atomic E-state index is 12.0. The molecule has 0 radical (unpaired) electrons. The van der Waals surface area contributed by atoms with Gasteiger partial charge in [-0.2, -0.15) is 12.6 Å². The first-order valence-corrected chi connectivity index (χ1v) is 9.15. The predicted molar refractivity (Wildman–Crippen MR) is 98.9 cm³/mol. The Hall–Kier alpha value is -2.30. The molecule has 11 heteroatoms. The molecule has 0 saturated carbocycles. The Morgan fingerprint density at radius 2 is 1.59 bits per heavy atom. The van der Waals surface area contributed by atoms with Crippen molar-refractivity contribution in [2.75, 3.05) is 25.5 Å². The normalized spacial score (nSPS) is 12.3. The molecule has 0 aromatic carbocycles. The molecule has 2 atom stereocenters. The summed E-state index contributed by atoms with van der Waals surface area (Å²) >= 11 is 4.01. The number of hydrogen-bond donors (Lipinski definition) is 4. The van der Waals surface area contributed by atoms with Crippen molar-refractivity contribution in [3.05, 3.63) is 0 Å². The number of thiol groups is 1. The van der Waals surface area contributed by atoms with Crippen LogP contribution in [0.2, 0.25) is 0 Å². The third-order valence-corrected chi connectivity index (χ3v) is 3.52. The highest BCUT2D eigenvalue weighted by molar-refractivity contribution is 7.80. The van der Waals surface area contributed by atoms with Gasteiger partial charge in [-0.05, 0) is 20.3 Å². The zero-order valence-corrected chi connectivity index (χ0v) is 16.6. The molecule has 0 rings (SSSR count). The summed E-state index contributed by atoms with van der Waals surface area (Å²) in [6, 6.07) is -1.92. The van der Waals surface area contributed by atoms with Gasteiger partial charge in [0.1, 0.15) is 18.6 Å². The number of hydrogen-bond acceptors (Lipinski definition) is 8. The van der Waals surface area contributed by atoms with Crippen molar-refractivity contribution in [3.63, 3.8) is 0 Å². The average Bonchev–Trinajstić information content (AvgIpc) is 2.61. The van der Waals surface area contributed by atoms with E-state index in [4.69, 9.17) is 4.74 Å². The molecule has 0 heterocycles. The maximum Gasteiger partial charge on any atom is 0.328 e. The monoisotopic (exact) mass is 405 g/mol. The number of rotatable bonds is 12. The van der Waals surface area contributed by atoms with Crippen molar-refractivity contribution in [2.24, 2.45) is 0 Å². The Balaban J connectivity index is 4.55. The van der Waals surface area contributed by atoms with E-state index in [0.29, 0.717) is 0 Å². The fraction of sp³-hybridized carbons (Fsp3) is 0.688. The highest BCUT2D eigenvalue weighted by Gasteiger charge is 2.24. The van der Waals surface area contributed by atoms with Crippen LogP contribution in [0, 0.1) is 0 Å². The van der Waals surface area contributed by atoms with Crippen molar-refractivity contribution >= 4 is 42.3 Å². The van der Waals surface area contributed by atoms with E-state index in [1.54, 1.807) is 13.8 Å². The lowest BCUT2D eigenvalue weighted by Crippen LogP contribution is -2.49. The van der Waals surface area contributed by atoms with Gasteiger partial charge in [-0.25, -0.2) is 4.79 Å². The lowest BCUT2D eigenvalue weighted by molar-refractivity contribution is -0.147. The predicted octanol–water partition coefficient (Wildman–Crippen LogP) is -1.07. The Bertz CT molecular complexity index is 542. The number of carbonyl (C=O) groups is 5. The molecule has 0 bridgehead atoms. The molecule has 0 saturated heterocycles. The molecule has 0 unspecified atom stereocenters. The van der Waals surface area contributed by atoms with Crippen LogP contribution in [0.5, 0.6) is 0 Å². The van der Waals surface area contributed by atoms with Gasteiger partial charge >= 0.3 is 11.9 Å². The third-order valence-electron chi connectivity index (χ3n) is 3.16. The zero-order valence-electron chi connectivity index (χ0n) is 15.7. The van der Waals surface area contributed by atoms with Gasteiger partial charge in [0.05, 0.1) is 13.2 Å². The highest BCUT2D eigenvalue weighted by Crippen LogP contribution is 2.02. The van der Waals surface area contributed by atoms with E-state index in [2.05, 4.69) is 33.3 Å². The SMILES string of the molecule is CCOC(=O)CNC(=O)[C@H](CS)NC(=O)CC[C@H](NC(C)=O)C(=O)OCC. The second kappa shape index (κ2) is 13.8. The van der Waals surface area contributed by atoms with E-state index in [9.17, 15) is 24.0 Å². The van der Waals surface area contributed by atoms with Crippen LogP contribution in [0.15, 0.2) is 0 Å². The Kier molecular flexibility index (Phi) is 12.7. The van der Waals surface area contributed by atoms with Gasteiger partial charge in [0.2, 0.25) is 17.7 Å². The molecule has 0 fully saturated rings. The summed E-state index contributed by atoms with van der Waals surface area (Å²) in [5, 5.41) is 7.21. The van der Waals surface area contributed by atoms with Crippen molar-refractivity contribution in [1.82, 2.24) is 16.0 Å². The van der Waals surface area contributed by atoms with Crippen molar-refractivity contribution in [3.8, 4) is 0 Å². The van der Waals surface area contributed by atoms with Crippen LogP contribution in [-0.2, 0) is 33.4 Å². The number of nitrogens with one attached hydrogen (secondary N) is 3. The summed E-state index contributed by atoms with van der Waals surface area (Å²) in [7, 11) is 0. The number of carbonyl (C=O) groups excluding carboxylic acids is 5. The zero-order chi connectivity index (χ0) is 20.8. The summed E-state index contributed by atoms with van der Waals surface area (Å²) in [5.74, 6) is -2.76. The standard InChI is InChI=1S/C16H27N3O7S/c1-4-25-14(22)8-17-15(23)12(9-27)19-13(21)7-6-11(18-10(3)20)16(24)26-5-2/h11-12,27H,4-9H2,1-3H3,(H,17,23)(H,18,20)(H,19,21)/t11-,12-/m0/s1. The van der Waals surface area contributed by atoms with E-state index in [-0.39, 0.29) is 38.4 Å². The van der Waals surface area contributed by atoms with Gasteiger partial charge in [-0.3, -0.25) is 19.2 Å². The Morgan fingerprint density at radius 1 is 0.963 bits per heavy atom. The van der Waals surface area contributed by atoms with Crippen molar-refractivity contribution in [1.29, 1.82) is 0 Å². The number of esters is 2. The van der Waals surface area contributed by atoms with Crippen LogP contribution in [0.3, 0.4) is 0 Å². The first kappa shape index (κ1) is 24.7. The third kappa shape index (κ3) is 11.1. The quantitative estimate of drug-likeness (QED) is 0.239. The lowest BCUT2D eigenvalue weighted by atomic mass is 10.1. The van der Waals surface area contributed by atoms with E-state index in [1.807, 2.05) is 0 Å². The molecular weight excluding hydrogens is 378 g/mol. The summed E-state index contributed by atoms with van der Waals surface area (Å²) in [6.45, 7) is 4.53. The topological polar surface area (TPSA) is 140 Å². The van der Waals surface area contributed by atoms with Crippen LogP contribution in [0.4, 0.5) is 0 Å². The molecule has 0 aliphatic heterocycles. The number of amides is 3. The number of ether oxygens (including phenoxy) is 2. The molecule has 0 spiro atoms. The minimum atomic E-state index is -0.961. The fourth-order valence-electron chi connectivity index (χ4n) is 1.97. The molecule has 3 N–H and O–H groups in total. The lowest BCUT2D eigenvalue weighted by Gasteiger charge is -2.18. The smallest absolute Gasteiger partial charge is 0.328 e. The Labute approximate surface area is 163 Å². The molecule has 154 valence electrons. The van der Waals surface area contributed by atoms with Gasteiger partial charge in [0.25, 0.3) is 0 Å². The van der Waals surface area contributed by atoms with Gasteiger partial charge in [0.15, 0.2) is 0 Å². The Morgan fingerprint density at radius 3 is 2.11 bits per heavy atom. The first-order chi connectivity index (χ1) is 12.7. The molecule has 0 aliphatic carbocycles.